The third-order valence-corrected chi connectivity index (χ3v) is 4.11. The topological polar surface area (TPSA) is 15.3 Å². The predicted octanol–water partition coefficient (Wildman–Crippen LogP) is 3.50. The number of rotatable bonds is 4. The van der Waals surface area contributed by atoms with Crippen molar-refractivity contribution in [2.75, 3.05) is 18.0 Å². The minimum atomic E-state index is -0.154. The number of fused-ring (bicyclic) bond motifs is 1. The Labute approximate surface area is 125 Å². The smallest absolute Gasteiger partial charge is 0.146 e. The summed E-state index contributed by atoms with van der Waals surface area (Å²) in [4.78, 5) is 2.08. The minimum Gasteiger partial charge on any atom is -0.365 e. The number of hydrogen-bond acceptors (Lipinski definition) is 2. The molecule has 3 rings (SSSR count). The van der Waals surface area contributed by atoms with Crippen molar-refractivity contribution in [3.63, 3.8) is 0 Å². The zero-order valence-electron chi connectivity index (χ0n) is 12.4. The number of anilines is 1. The third-order valence-electron chi connectivity index (χ3n) is 4.11. The van der Waals surface area contributed by atoms with Crippen LogP contribution in [0.1, 0.15) is 23.6 Å². The fourth-order valence-electron chi connectivity index (χ4n) is 2.93. The molecule has 0 saturated carbocycles. The average molecular weight is 284 g/mol. The Morgan fingerprint density at radius 3 is 2.81 bits per heavy atom. The highest BCUT2D eigenvalue weighted by atomic mass is 19.1. The largest absolute Gasteiger partial charge is 0.365 e. The first kappa shape index (κ1) is 14.1. The maximum absolute atomic E-state index is 14.0. The van der Waals surface area contributed by atoms with Crippen LogP contribution in [0.2, 0.25) is 0 Å². The minimum absolute atomic E-state index is 0.154. The molecule has 0 radical (unpaired) electrons. The van der Waals surface area contributed by atoms with Crippen LogP contribution in [0, 0.1) is 5.82 Å². The standard InChI is InChI=1S/C18H21FN2/c1-2-21(18-6-4-3-5-17(18)19)13-14-7-8-15-9-10-20-12-16(15)11-14/h3-8,11,20H,2,9-10,12-13H2,1H3. The summed E-state index contributed by atoms with van der Waals surface area (Å²) >= 11 is 0. The van der Waals surface area contributed by atoms with Crippen molar-refractivity contribution in [1.82, 2.24) is 5.32 Å². The molecule has 1 heterocycles. The van der Waals surface area contributed by atoms with Crippen LogP contribution in [0.4, 0.5) is 10.1 Å². The first-order chi connectivity index (χ1) is 10.3. The highest BCUT2D eigenvalue weighted by Gasteiger charge is 2.12. The Hall–Kier alpha value is -1.87. The molecule has 110 valence electrons. The predicted molar refractivity (Wildman–Crippen MR) is 85.0 cm³/mol. The molecule has 21 heavy (non-hydrogen) atoms. The van der Waals surface area contributed by atoms with Crippen LogP contribution in [0.25, 0.3) is 0 Å². The molecule has 0 bridgehead atoms. The molecule has 1 aliphatic heterocycles. The van der Waals surface area contributed by atoms with Gasteiger partial charge in [0.25, 0.3) is 0 Å². The molecule has 0 fully saturated rings. The molecule has 0 aliphatic carbocycles. The van der Waals surface area contributed by atoms with Crippen LogP contribution in [0.15, 0.2) is 42.5 Å². The lowest BCUT2D eigenvalue weighted by molar-refractivity contribution is 0.617. The van der Waals surface area contributed by atoms with E-state index < -0.39 is 0 Å². The Kier molecular flexibility index (Phi) is 4.20. The van der Waals surface area contributed by atoms with Crippen LogP contribution in [0.5, 0.6) is 0 Å². The van der Waals surface area contributed by atoms with E-state index in [9.17, 15) is 4.39 Å². The Morgan fingerprint density at radius 1 is 1.14 bits per heavy atom. The monoisotopic (exact) mass is 284 g/mol. The highest BCUT2D eigenvalue weighted by molar-refractivity contribution is 5.48. The van der Waals surface area contributed by atoms with Crippen molar-refractivity contribution in [2.45, 2.75) is 26.4 Å². The Bertz CT molecular complexity index is 624. The molecule has 2 aromatic carbocycles. The van der Waals surface area contributed by atoms with E-state index in [0.717, 1.165) is 32.6 Å². The molecular weight excluding hydrogens is 263 g/mol. The van der Waals surface area contributed by atoms with Crippen molar-refractivity contribution in [3.05, 3.63) is 65.0 Å². The lowest BCUT2D eigenvalue weighted by atomic mass is 9.98. The summed E-state index contributed by atoms with van der Waals surface area (Å²) in [5.41, 5.74) is 4.73. The number of nitrogens with one attached hydrogen (secondary N) is 1. The van der Waals surface area contributed by atoms with E-state index in [2.05, 4.69) is 35.3 Å². The molecule has 3 heteroatoms. The van der Waals surface area contributed by atoms with Crippen molar-refractivity contribution < 1.29 is 4.39 Å². The van der Waals surface area contributed by atoms with Crippen molar-refractivity contribution in [3.8, 4) is 0 Å². The van der Waals surface area contributed by atoms with Crippen LogP contribution >= 0.6 is 0 Å². The molecule has 0 aromatic heterocycles. The van der Waals surface area contributed by atoms with Crippen LogP contribution < -0.4 is 10.2 Å². The van der Waals surface area contributed by atoms with Gasteiger partial charge in [-0.1, -0.05) is 30.3 Å². The number of halogens is 1. The molecule has 2 nitrogen and oxygen atoms in total. The van der Waals surface area contributed by atoms with Crippen LogP contribution in [-0.2, 0) is 19.5 Å². The SMILES string of the molecule is CCN(Cc1ccc2c(c1)CNCC2)c1ccccc1F. The van der Waals surface area contributed by atoms with Crippen LogP contribution in [0.3, 0.4) is 0 Å². The van der Waals surface area contributed by atoms with E-state index >= 15 is 0 Å². The van der Waals surface area contributed by atoms with Crippen molar-refractivity contribution in [2.24, 2.45) is 0 Å². The lowest BCUT2D eigenvalue weighted by Crippen LogP contribution is -2.25. The van der Waals surface area contributed by atoms with Gasteiger partial charge in [-0.3, -0.25) is 0 Å². The molecule has 0 saturated heterocycles. The first-order valence-corrected chi connectivity index (χ1v) is 7.59. The summed E-state index contributed by atoms with van der Waals surface area (Å²) in [6.45, 7) is 5.59. The molecule has 0 unspecified atom stereocenters. The number of para-hydroxylation sites is 1. The summed E-state index contributed by atoms with van der Waals surface area (Å²) in [5, 5.41) is 3.40. The van der Waals surface area contributed by atoms with Crippen molar-refractivity contribution in [1.29, 1.82) is 0 Å². The van der Waals surface area contributed by atoms with E-state index in [1.807, 2.05) is 12.1 Å². The Balaban J connectivity index is 1.83. The van der Waals surface area contributed by atoms with Gasteiger partial charge in [0.05, 0.1) is 5.69 Å². The van der Waals surface area contributed by atoms with Gasteiger partial charge in [0, 0.05) is 19.6 Å². The molecular formula is C18H21FN2. The first-order valence-electron chi connectivity index (χ1n) is 7.59. The summed E-state index contributed by atoms with van der Waals surface area (Å²) in [5.74, 6) is -0.154. The van der Waals surface area contributed by atoms with E-state index in [0.29, 0.717) is 5.69 Å². The van der Waals surface area contributed by atoms with Gasteiger partial charge in [0.1, 0.15) is 5.82 Å². The van der Waals surface area contributed by atoms with E-state index in [-0.39, 0.29) is 5.82 Å². The second-order valence-electron chi connectivity index (χ2n) is 5.50. The van der Waals surface area contributed by atoms with E-state index in [1.54, 1.807) is 6.07 Å². The number of hydrogen-bond donors (Lipinski definition) is 1. The maximum atomic E-state index is 14.0. The molecule has 0 atom stereocenters. The van der Waals surface area contributed by atoms with Gasteiger partial charge >= 0.3 is 0 Å². The third kappa shape index (κ3) is 3.08. The van der Waals surface area contributed by atoms with Gasteiger partial charge in [-0.2, -0.15) is 0 Å². The second kappa shape index (κ2) is 6.27. The molecule has 0 amide bonds. The molecule has 1 N–H and O–H groups in total. The quantitative estimate of drug-likeness (QED) is 0.924. The molecule has 1 aliphatic rings. The van der Waals surface area contributed by atoms with Crippen molar-refractivity contribution >= 4 is 5.69 Å². The summed E-state index contributed by atoms with van der Waals surface area (Å²) in [7, 11) is 0. The highest BCUT2D eigenvalue weighted by Crippen LogP contribution is 2.22. The zero-order chi connectivity index (χ0) is 14.7. The van der Waals surface area contributed by atoms with Gasteiger partial charge in [-0.15, -0.1) is 0 Å². The molecule has 0 spiro atoms. The lowest BCUT2D eigenvalue weighted by Gasteiger charge is -2.25. The average Bonchev–Trinajstić information content (AvgIpc) is 2.53. The summed E-state index contributed by atoms with van der Waals surface area (Å²) in [6.07, 6.45) is 1.10. The second-order valence-corrected chi connectivity index (χ2v) is 5.50. The number of nitrogens with zero attached hydrogens (tertiary/aromatic N) is 1. The summed E-state index contributed by atoms with van der Waals surface area (Å²) in [6, 6.07) is 13.6. The van der Waals surface area contributed by atoms with Gasteiger partial charge in [-0.25, -0.2) is 4.39 Å². The molecule has 2 aromatic rings. The van der Waals surface area contributed by atoms with E-state index in [4.69, 9.17) is 0 Å². The van der Waals surface area contributed by atoms with Gasteiger partial charge in [0.15, 0.2) is 0 Å². The number of benzene rings is 2. The fraction of sp³-hybridized carbons (Fsp3) is 0.333. The fourth-order valence-corrected chi connectivity index (χ4v) is 2.93. The zero-order valence-corrected chi connectivity index (χ0v) is 12.4. The summed E-state index contributed by atoms with van der Waals surface area (Å²) < 4.78 is 14.0. The van der Waals surface area contributed by atoms with Gasteiger partial charge in [0.2, 0.25) is 0 Å². The van der Waals surface area contributed by atoms with E-state index in [1.165, 1.54) is 22.8 Å². The Morgan fingerprint density at radius 2 is 2.00 bits per heavy atom. The van der Waals surface area contributed by atoms with Crippen LogP contribution in [-0.4, -0.2) is 13.1 Å². The normalized spacial score (nSPS) is 13.8. The van der Waals surface area contributed by atoms with Gasteiger partial charge < -0.3 is 10.2 Å². The van der Waals surface area contributed by atoms with Gasteiger partial charge in [-0.05, 0) is 48.7 Å². The maximum Gasteiger partial charge on any atom is 0.146 e.